The van der Waals surface area contributed by atoms with Crippen molar-refractivity contribution < 1.29 is 9.59 Å². The number of benzene rings is 2. The summed E-state index contributed by atoms with van der Waals surface area (Å²) in [5.74, 6) is 0.181. The molecular weight excluding hydrogens is 481 g/mol. The summed E-state index contributed by atoms with van der Waals surface area (Å²) in [6.07, 6.45) is 1.71. The number of rotatable bonds is 9. The van der Waals surface area contributed by atoms with E-state index >= 15 is 0 Å². The van der Waals surface area contributed by atoms with Crippen LogP contribution in [-0.4, -0.2) is 32.3 Å². The first-order chi connectivity index (χ1) is 15.8. The molecule has 0 saturated heterocycles. The van der Waals surface area contributed by atoms with E-state index in [1.165, 1.54) is 11.8 Å². The van der Waals surface area contributed by atoms with Crippen LogP contribution in [0.1, 0.15) is 34.7 Å². The lowest BCUT2D eigenvalue weighted by Crippen LogP contribution is -2.28. The average Bonchev–Trinajstić information content (AvgIpc) is 3.18. The molecule has 7 nitrogen and oxygen atoms in total. The van der Waals surface area contributed by atoms with E-state index in [1.54, 1.807) is 36.4 Å². The van der Waals surface area contributed by atoms with Crippen molar-refractivity contribution in [1.82, 2.24) is 20.1 Å². The average molecular weight is 504 g/mol. The minimum Gasteiger partial charge on any atom is -0.342 e. The summed E-state index contributed by atoms with van der Waals surface area (Å²) in [4.78, 5) is 25.0. The second-order valence-corrected chi connectivity index (χ2v) is 9.05. The van der Waals surface area contributed by atoms with Gasteiger partial charge in [0.1, 0.15) is 0 Å². The number of carbonyl (C=O) groups is 2. The number of aromatic nitrogens is 3. The van der Waals surface area contributed by atoms with Crippen LogP contribution in [0.4, 0.5) is 5.69 Å². The zero-order valence-electron chi connectivity index (χ0n) is 18.1. The van der Waals surface area contributed by atoms with Crippen LogP contribution in [0.5, 0.6) is 0 Å². The number of amides is 2. The molecule has 3 rings (SSSR count). The van der Waals surface area contributed by atoms with Gasteiger partial charge in [0, 0.05) is 17.1 Å². The Bertz CT molecular complexity index is 1160. The summed E-state index contributed by atoms with van der Waals surface area (Å²) in [7, 11) is 0. The molecular formula is C23H23Cl2N5O2S. The van der Waals surface area contributed by atoms with E-state index in [-0.39, 0.29) is 17.6 Å². The summed E-state index contributed by atoms with van der Waals surface area (Å²) < 4.78 is 1.82. The lowest BCUT2D eigenvalue weighted by atomic mass is 10.1. The van der Waals surface area contributed by atoms with E-state index in [0.29, 0.717) is 38.8 Å². The predicted molar refractivity (Wildman–Crippen MR) is 133 cm³/mol. The summed E-state index contributed by atoms with van der Waals surface area (Å²) in [5, 5.41) is 15.5. The zero-order chi connectivity index (χ0) is 24.0. The van der Waals surface area contributed by atoms with Crippen LogP contribution < -0.4 is 10.6 Å². The third kappa shape index (κ3) is 6.60. The van der Waals surface area contributed by atoms with Crippen molar-refractivity contribution in [1.29, 1.82) is 0 Å². The maximum Gasteiger partial charge on any atom is 0.251 e. The molecule has 0 aliphatic heterocycles. The van der Waals surface area contributed by atoms with E-state index in [1.807, 2.05) is 30.5 Å². The maximum absolute atomic E-state index is 12.6. The van der Waals surface area contributed by atoms with Crippen molar-refractivity contribution >= 4 is 52.5 Å². The number of allylic oxidation sites excluding steroid dienone is 1. The molecule has 0 aliphatic rings. The highest BCUT2D eigenvalue weighted by molar-refractivity contribution is 7.99. The minimum absolute atomic E-state index is 0.0855. The van der Waals surface area contributed by atoms with Gasteiger partial charge in [0.25, 0.3) is 5.91 Å². The lowest BCUT2D eigenvalue weighted by molar-refractivity contribution is -0.113. The molecule has 3 aromatic rings. The highest BCUT2D eigenvalue weighted by Gasteiger charge is 2.20. The Balaban J connectivity index is 1.67. The number of aryl methyl sites for hydroxylation is 1. The highest BCUT2D eigenvalue weighted by Crippen LogP contribution is 2.26. The van der Waals surface area contributed by atoms with Gasteiger partial charge in [0.2, 0.25) is 5.91 Å². The smallest absolute Gasteiger partial charge is 0.251 e. The van der Waals surface area contributed by atoms with Crippen molar-refractivity contribution in [2.45, 2.75) is 31.6 Å². The second-order valence-electron chi connectivity index (χ2n) is 7.26. The monoisotopic (exact) mass is 503 g/mol. The van der Waals surface area contributed by atoms with Crippen molar-refractivity contribution in [2.24, 2.45) is 0 Å². The van der Waals surface area contributed by atoms with Crippen LogP contribution in [0.3, 0.4) is 0 Å². The van der Waals surface area contributed by atoms with Crippen LogP contribution in [0, 0.1) is 6.92 Å². The van der Waals surface area contributed by atoms with Crippen LogP contribution in [0.25, 0.3) is 0 Å². The fourth-order valence-corrected chi connectivity index (χ4v) is 4.08. The van der Waals surface area contributed by atoms with Crippen molar-refractivity contribution in [3.05, 3.63) is 82.1 Å². The van der Waals surface area contributed by atoms with Gasteiger partial charge in [0.05, 0.1) is 22.5 Å². The Morgan fingerprint density at radius 2 is 1.91 bits per heavy atom. The lowest BCUT2D eigenvalue weighted by Gasteiger charge is -2.15. The largest absolute Gasteiger partial charge is 0.342 e. The van der Waals surface area contributed by atoms with E-state index in [9.17, 15) is 9.59 Å². The Kier molecular flexibility index (Phi) is 8.55. The van der Waals surface area contributed by atoms with Gasteiger partial charge in [-0.15, -0.1) is 16.8 Å². The van der Waals surface area contributed by atoms with Crippen molar-refractivity contribution in [3.8, 4) is 0 Å². The SMILES string of the molecule is C=CCn1c(SCC(=O)Nc2cc(Cl)ccc2Cl)nnc1[C@@H](C)NC(=O)c1ccc(C)cc1. The normalized spacial score (nSPS) is 11.6. The Morgan fingerprint density at radius 1 is 1.18 bits per heavy atom. The summed E-state index contributed by atoms with van der Waals surface area (Å²) in [6.45, 7) is 8.01. The number of nitrogens with one attached hydrogen (secondary N) is 2. The fraction of sp³-hybridized carbons (Fsp3) is 0.217. The van der Waals surface area contributed by atoms with Crippen LogP contribution in [-0.2, 0) is 11.3 Å². The molecule has 0 bridgehead atoms. The van der Waals surface area contributed by atoms with Crippen LogP contribution in [0.15, 0.2) is 60.3 Å². The third-order valence-electron chi connectivity index (χ3n) is 4.64. The van der Waals surface area contributed by atoms with Gasteiger partial charge in [0.15, 0.2) is 11.0 Å². The number of hydrogen-bond donors (Lipinski definition) is 2. The van der Waals surface area contributed by atoms with Gasteiger partial charge in [-0.3, -0.25) is 9.59 Å². The minimum atomic E-state index is -0.403. The number of nitrogens with zero attached hydrogens (tertiary/aromatic N) is 3. The number of carbonyl (C=O) groups excluding carboxylic acids is 2. The predicted octanol–water partition coefficient (Wildman–Crippen LogP) is 5.30. The van der Waals surface area contributed by atoms with Crippen LogP contribution in [0.2, 0.25) is 10.0 Å². The quantitative estimate of drug-likeness (QED) is 0.305. The topological polar surface area (TPSA) is 88.9 Å². The summed E-state index contributed by atoms with van der Waals surface area (Å²) in [5.41, 5.74) is 2.08. The molecule has 2 amide bonds. The van der Waals surface area contributed by atoms with Gasteiger partial charge in [-0.2, -0.15) is 0 Å². The van der Waals surface area contributed by atoms with Crippen molar-refractivity contribution in [3.63, 3.8) is 0 Å². The van der Waals surface area contributed by atoms with E-state index < -0.39 is 6.04 Å². The molecule has 2 aromatic carbocycles. The highest BCUT2D eigenvalue weighted by atomic mass is 35.5. The van der Waals surface area contributed by atoms with E-state index in [2.05, 4.69) is 27.4 Å². The Morgan fingerprint density at radius 3 is 2.61 bits per heavy atom. The molecule has 1 atom stereocenters. The maximum atomic E-state index is 12.6. The fourth-order valence-electron chi connectivity index (χ4n) is 2.99. The first kappa shape index (κ1) is 24.8. The van der Waals surface area contributed by atoms with Gasteiger partial charge < -0.3 is 15.2 Å². The third-order valence-corrected chi connectivity index (χ3v) is 6.17. The molecule has 0 spiro atoms. The molecule has 0 unspecified atom stereocenters. The van der Waals surface area contributed by atoms with E-state index in [4.69, 9.17) is 23.2 Å². The first-order valence-electron chi connectivity index (χ1n) is 10.1. The van der Waals surface area contributed by atoms with Gasteiger partial charge in [-0.1, -0.05) is 58.7 Å². The van der Waals surface area contributed by atoms with Crippen LogP contribution >= 0.6 is 35.0 Å². The number of halogens is 2. The standard InChI is InChI=1S/C23H23Cl2N5O2S/c1-4-11-30-21(15(3)26-22(32)16-7-5-14(2)6-8-16)28-29-23(30)33-13-20(31)27-19-12-17(24)9-10-18(19)25/h4-10,12,15H,1,11,13H2,2-3H3,(H,26,32)(H,27,31)/t15-/m1/s1. The molecule has 10 heteroatoms. The molecule has 172 valence electrons. The summed E-state index contributed by atoms with van der Waals surface area (Å²) in [6, 6.07) is 11.8. The number of anilines is 1. The molecule has 2 N–H and O–H groups in total. The molecule has 0 fully saturated rings. The molecule has 0 radical (unpaired) electrons. The Hall–Kier alpha value is -2.81. The van der Waals surface area contributed by atoms with Gasteiger partial charge >= 0.3 is 0 Å². The first-order valence-corrected chi connectivity index (χ1v) is 11.8. The Labute approximate surface area is 206 Å². The molecule has 0 saturated carbocycles. The molecule has 1 heterocycles. The number of thioether (sulfide) groups is 1. The number of hydrogen-bond acceptors (Lipinski definition) is 5. The van der Waals surface area contributed by atoms with Gasteiger partial charge in [-0.05, 0) is 44.2 Å². The van der Waals surface area contributed by atoms with E-state index in [0.717, 1.165) is 5.56 Å². The summed E-state index contributed by atoms with van der Waals surface area (Å²) >= 11 is 13.3. The molecule has 1 aromatic heterocycles. The molecule has 33 heavy (non-hydrogen) atoms. The van der Waals surface area contributed by atoms with Crippen molar-refractivity contribution in [2.75, 3.05) is 11.1 Å². The molecule has 0 aliphatic carbocycles. The second kappa shape index (κ2) is 11.4. The zero-order valence-corrected chi connectivity index (χ0v) is 20.5. The van der Waals surface area contributed by atoms with Gasteiger partial charge in [-0.25, -0.2) is 0 Å².